The lowest BCUT2D eigenvalue weighted by atomic mass is 9.92. The summed E-state index contributed by atoms with van der Waals surface area (Å²) in [6.45, 7) is 1.05. The fourth-order valence-corrected chi connectivity index (χ4v) is 4.53. The summed E-state index contributed by atoms with van der Waals surface area (Å²) < 4.78 is 13.9. The van der Waals surface area contributed by atoms with E-state index < -0.39 is 0 Å². The van der Waals surface area contributed by atoms with Gasteiger partial charge in [-0.15, -0.1) is 0 Å². The van der Waals surface area contributed by atoms with Crippen LogP contribution in [0, 0.1) is 0 Å². The van der Waals surface area contributed by atoms with Crippen LogP contribution >= 0.6 is 0 Å². The summed E-state index contributed by atoms with van der Waals surface area (Å²) in [4.78, 5) is 30.7. The number of methoxy groups -OCH3 is 1. The van der Waals surface area contributed by atoms with Gasteiger partial charge >= 0.3 is 0 Å². The Labute approximate surface area is 196 Å². The average molecular weight is 468 g/mol. The van der Waals surface area contributed by atoms with Gasteiger partial charge in [-0.05, 0) is 37.8 Å². The Kier molecular flexibility index (Phi) is 6.20. The minimum atomic E-state index is -0.226. The SMILES string of the molecule is CNc1cc(Nc2cccn(C3COC3)c2=O)nc2c(C(=O)N[C@@H]3CCC[C@@H](OC)C3)cnn12. The highest BCUT2D eigenvalue weighted by atomic mass is 16.5. The first kappa shape index (κ1) is 22.4. The molecule has 0 spiro atoms. The third-order valence-electron chi connectivity index (χ3n) is 6.52. The summed E-state index contributed by atoms with van der Waals surface area (Å²) >= 11 is 0. The van der Waals surface area contributed by atoms with Crippen LogP contribution in [0.4, 0.5) is 17.3 Å². The van der Waals surface area contributed by atoms with E-state index in [0.717, 1.165) is 25.7 Å². The zero-order chi connectivity index (χ0) is 23.7. The number of anilines is 3. The van der Waals surface area contributed by atoms with Crippen LogP contribution < -0.4 is 21.5 Å². The Bertz CT molecular complexity index is 1250. The summed E-state index contributed by atoms with van der Waals surface area (Å²) in [6.07, 6.45) is 7.16. The molecule has 2 aliphatic rings. The maximum Gasteiger partial charge on any atom is 0.274 e. The van der Waals surface area contributed by atoms with E-state index in [2.05, 4.69) is 26.0 Å². The molecule has 1 amide bonds. The minimum absolute atomic E-state index is 0.0418. The second-order valence-electron chi connectivity index (χ2n) is 8.72. The van der Waals surface area contributed by atoms with Gasteiger partial charge in [-0.1, -0.05) is 0 Å². The highest BCUT2D eigenvalue weighted by molar-refractivity contribution is 6.00. The van der Waals surface area contributed by atoms with Gasteiger partial charge in [0.2, 0.25) is 0 Å². The number of amides is 1. The van der Waals surface area contributed by atoms with Crippen LogP contribution in [0.5, 0.6) is 0 Å². The number of rotatable bonds is 7. The maximum atomic E-state index is 13.1. The molecule has 180 valence electrons. The van der Waals surface area contributed by atoms with E-state index in [9.17, 15) is 9.59 Å². The number of nitrogens with zero attached hydrogens (tertiary/aromatic N) is 4. The number of pyridine rings is 1. The van der Waals surface area contributed by atoms with Gasteiger partial charge in [-0.25, -0.2) is 4.98 Å². The molecule has 0 aromatic carbocycles. The van der Waals surface area contributed by atoms with Crippen LogP contribution in [0.3, 0.4) is 0 Å². The van der Waals surface area contributed by atoms with Crippen molar-refractivity contribution in [2.45, 2.75) is 43.9 Å². The lowest BCUT2D eigenvalue weighted by Gasteiger charge is -2.28. The van der Waals surface area contributed by atoms with Crippen molar-refractivity contribution in [3.05, 3.63) is 46.5 Å². The van der Waals surface area contributed by atoms with E-state index in [0.29, 0.717) is 41.7 Å². The minimum Gasteiger partial charge on any atom is -0.381 e. The van der Waals surface area contributed by atoms with Gasteiger partial charge in [0.25, 0.3) is 11.5 Å². The number of hydrogen-bond acceptors (Lipinski definition) is 8. The van der Waals surface area contributed by atoms with Crippen molar-refractivity contribution in [2.24, 2.45) is 0 Å². The first-order valence-corrected chi connectivity index (χ1v) is 11.5. The molecule has 0 bridgehead atoms. The molecule has 2 fully saturated rings. The zero-order valence-electron chi connectivity index (χ0n) is 19.3. The molecule has 4 heterocycles. The first-order chi connectivity index (χ1) is 16.6. The molecule has 2 atom stereocenters. The number of carbonyl (C=O) groups excluding carboxylic acids is 1. The van der Waals surface area contributed by atoms with E-state index in [4.69, 9.17) is 9.47 Å². The molecule has 1 aliphatic heterocycles. The van der Waals surface area contributed by atoms with Crippen LogP contribution in [0.15, 0.2) is 35.4 Å². The summed E-state index contributed by atoms with van der Waals surface area (Å²) in [6, 6.07) is 5.36. The molecular weight excluding hydrogens is 438 g/mol. The molecule has 1 saturated heterocycles. The lowest BCUT2D eigenvalue weighted by Crippen LogP contribution is -2.40. The maximum absolute atomic E-state index is 13.1. The number of fused-ring (bicyclic) bond motifs is 1. The van der Waals surface area contributed by atoms with E-state index in [1.807, 2.05) is 6.07 Å². The van der Waals surface area contributed by atoms with E-state index in [1.54, 1.807) is 41.6 Å². The lowest BCUT2D eigenvalue weighted by molar-refractivity contribution is -0.0247. The van der Waals surface area contributed by atoms with Crippen molar-refractivity contribution in [3.63, 3.8) is 0 Å². The number of ether oxygens (including phenoxy) is 2. The Morgan fingerprint density at radius 2 is 2.15 bits per heavy atom. The van der Waals surface area contributed by atoms with Gasteiger partial charge in [0.15, 0.2) is 5.65 Å². The van der Waals surface area contributed by atoms with Crippen LogP contribution in [0.2, 0.25) is 0 Å². The van der Waals surface area contributed by atoms with E-state index >= 15 is 0 Å². The predicted molar refractivity (Wildman–Crippen MR) is 127 cm³/mol. The standard InChI is InChI=1S/C23H29N7O4/c1-24-20-10-19(27-18-7-4-8-29(23(18)32)15-12-34-13-15)28-21-17(11-25-30(20)21)22(31)26-14-5-3-6-16(9-14)33-2/h4,7-8,10-11,14-16,24H,3,5-6,9,12-13H2,1-2H3,(H,26,31)(H,27,28)/t14-,16-/m1/s1. The number of nitrogens with one attached hydrogen (secondary N) is 3. The third kappa shape index (κ3) is 4.24. The van der Waals surface area contributed by atoms with E-state index in [-0.39, 0.29) is 29.7 Å². The Morgan fingerprint density at radius 1 is 1.29 bits per heavy atom. The molecular formula is C23H29N7O4. The van der Waals surface area contributed by atoms with Crippen molar-refractivity contribution in [1.82, 2.24) is 24.5 Å². The smallest absolute Gasteiger partial charge is 0.274 e. The van der Waals surface area contributed by atoms with Crippen molar-refractivity contribution in [1.29, 1.82) is 0 Å². The van der Waals surface area contributed by atoms with Gasteiger partial charge in [-0.2, -0.15) is 9.61 Å². The first-order valence-electron chi connectivity index (χ1n) is 11.5. The molecule has 34 heavy (non-hydrogen) atoms. The molecule has 0 unspecified atom stereocenters. The van der Waals surface area contributed by atoms with Gasteiger partial charge in [0, 0.05) is 32.5 Å². The fraction of sp³-hybridized carbons (Fsp3) is 0.478. The van der Waals surface area contributed by atoms with Crippen molar-refractivity contribution < 1.29 is 14.3 Å². The number of hydrogen-bond donors (Lipinski definition) is 3. The normalized spacial score (nSPS) is 20.6. The van der Waals surface area contributed by atoms with Crippen LogP contribution in [-0.2, 0) is 9.47 Å². The van der Waals surface area contributed by atoms with Crippen LogP contribution in [0.25, 0.3) is 5.65 Å². The molecule has 1 aliphatic carbocycles. The number of carbonyl (C=O) groups is 1. The van der Waals surface area contributed by atoms with Gasteiger partial charge in [-0.3, -0.25) is 9.59 Å². The van der Waals surface area contributed by atoms with Crippen molar-refractivity contribution >= 4 is 28.9 Å². The predicted octanol–water partition coefficient (Wildman–Crippen LogP) is 1.93. The Morgan fingerprint density at radius 3 is 2.88 bits per heavy atom. The Hall–Kier alpha value is -3.44. The molecule has 11 heteroatoms. The van der Waals surface area contributed by atoms with Gasteiger partial charge < -0.3 is 30.0 Å². The fourth-order valence-electron chi connectivity index (χ4n) is 4.53. The van der Waals surface area contributed by atoms with Crippen LogP contribution in [0.1, 0.15) is 42.1 Å². The largest absolute Gasteiger partial charge is 0.381 e. The van der Waals surface area contributed by atoms with E-state index in [1.165, 1.54) is 6.20 Å². The van der Waals surface area contributed by atoms with Gasteiger partial charge in [0.1, 0.15) is 22.9 Å². The number of aromatic nitrogens is 4. The molecule has 3 aromatic heterocycles. The summed E-state index contributed by atoms with van der Waals surface area (Å²) in [5.74, 6) is 0.839. The second kappa shape index (κ2) is 9.43. The topological polar surface area (TPSA) is 124 Å². The molecule has 5 rings (SSSR count). The highest BCUT2D eigenvalue weighted by Gasteiger charge is 2.26. The molecule has 1 saturated carbocycles. The second-order valence-corrected chi connectivity index (χ2v) is 8.72. The van der Waals surface area contributed by atoms with Crippen molar-refractivity contribution in [2.75, 3.05) is 38.0 Å². The van der Waals surface area contributed by atoms with Gasteiger partial charge in [0.05, 0.1) is 31.6 Å². The molecule has 3 N–H and O–H groups in total. The molecule has 3 aromatic rings. The third-order valence-corrected chi connectivity index (χ3v) is 6.52. The van der Waals surface area contributed by atoms with Crippen LogP contribution in [-0.4, -0.2) is 64.6 Å². The summed E-state index contributed by atoms with van der Waals surface area (Å²) in [5, 5.41) is 13.7. The monoisotopic (exact) mass is 467 g/mol. The molecule has 0 radical (unpaired) electrons. The summed E-state index contributed by atoms with van der Waals surface area (Å²) in [5.41, 5.74) is 1.01. The van der Waals surface area contributed by atoms with Crippen molar-refractivity contribution in [3.8, 4) is 0 Å². The highest BCUT2D eigenvalue weighted by Crippen LogP contribution is 2.24. The average Bonchev–Trinajstić information content (AvgIpc) is 3.24. The zero-order valence-corrected chi connectivity index (χ0v) is 19.3. The summed E-state index contributed by atoms with van der Waals surface area (Å²) in [7, 11) is 3.47. The molecule has 11 nitrogen and oxygen atoms in total. The quantitative estimate of drug-likeness (QED) is 0.482. The Balaban J connectivity index is 1.43.